The van der Waals surface area contributed by atoms with Gasteiger partial charge in [0.05, 0.1) is 11.9 Å². The average Bonchev–Trinajstić information content (AvgIpc) is 3.44. The second kappa shape index (κ2) is 11.5. The normalized spacial score (nSPS) is 11.2. The maximum atomic E-state index is 13.7. The van der Waals surface area contributed by atoms with Crippen molar-refractivity contribution in [3.63, 3.8) is 0 Å². The standard InChI is InChI=1S/C30H21F3N4O5/c31-30(32,33)27-23(29(39)40)16-35-37(27)26-7-3-5-24(36-26)22-4-1-2-6-25(22)41-17-18-8-12-20(13-9-18)42-21-14-10-19(11-15-21)28(34)38/h1-16H,17H2,(H2,34,38)(H,39,40). The number of carbonyl (C=O) groups excluding carboxylic acids is 1. The van der Waals surface area contributed by atoms with E-state index >= 15 is 0 Å². The number of ether oxygens (including phenoxy) is 2. The van der Waals surface area contributed by atoms with Gasteiger partial charge in [-0.2, -0.15) is 18.3 Å². The third kappa shape index (κ3) is 6.07. The number of amides is 1. The van der Waals surface area contributed by atoms with Crippen molar-refractivity contribution >= 4 is 11.9 Å². The van der Waals surface area contributed by atoms with E-state index in [1.807, 2.05) is 12.1 Å². The summed E-state index contributed by atoms with van der Waals surface area (Å²) in [7, 11) is 0. The number of nitrogens with two attached hydrogens (primary N) is 1. The van der Waals surface area contributed by atoms with E-state index < -0.39 is 29.3 Å². The fraction of sp³-hybridized carbons (Fsp3) is 0.0667. The maximum absolute atomic E-state index is 13.7. The highest BCUT2D eigenvalue weighted by Crippen LogP contribution is 2.35. The molecule has 5 rings (SSSR count). The molecular formula is C30H21F3N4O5. The smallest absolute Gasteiger partial charge is 0.434 e. The summed E-state index contributed by atoms with van der Waals surface area (Å²) >= 11 is 0. The van der Waals surface area contributed by atoms with Crippen molar-refractivity contribution in [1.29, 1.82) is 0 Å². The summed E-state index contributed by atoms with van der Waals surface area (Å²) in [6.45, 7) is 0.170. The summed E-state index contributed by atoms with van der Waals surface area (Å²) in [6, 6.07) is 24.8. The fourth-order valence-electron chi connectivity index (χ4n) is 4.08. The number of nitrogens with zero attached hydrogens (tertiary/aromatic N) is 3. The molecule has 2 heterocycles. The number of para-hydroxylation sites is 1. The summed E-state index contributed by atoms with van der Waals surface area (Å²) in [5.74, 6) is -0.957. The van der Waals surface area contributed by atoms with E-state index in [2.05, 4.69) is 10.1 Å². The quantitative estimate of drug-likeness (QED) is 0.217. The number of rotatable bonds is 9. The number of aromatic carboxylic acids is 1. The molecule has 9 nitrogen and oxygen atoms in total. The summed E-state index contributed by atoms with van der Waals surface area (Å²) in [4.78, 5) is 26.9. The first-order chi connectivity index (χ1) is 20.1. The van der Waals surface area contributed by atoms with Crippen LogP contribution in [0.4, 0.5) is 13.2 Å². The number of benzene rings is 3. The molecule has 12 heteroatoms. The fourth-order valence-corrected chi connectivity index (χ4v) is 4.08. The van der Waals surface area contributed by atoms with Crippen LogP contribution < -0.4 is 15.2 Å². The second-order valence-corrected chi connectivity index (χ2v) is 8.92. The zero-order valence-corrected chi connectivity index (χ0v) is 21.6. The summed E-state index contributed by atoms with van der Waals surface area (Å²) in [6.07, 6.45) is -4.33. The molecule has 0 saturated heterocycles. The number of halogens is 3. The van der Waals surface area contributed by atoms with Gasteiger partial charge >= 0.3 is 12.1 Å². The minimum Gasteiger partial charge on any atom is -0.488 e. The van der Waals surface area contributed by atoms with Gasteiger partial charge in [-0.3, -0.25) is 4.79 Å². The molecule has 2 aromatic heterocycles. The largest absolute Gasteiger partial charge is 0.488 e. The van der Waals surface area contributed by atoms with Gasteiger partial charge in [0, 0.05) is 11.1 Å². The number of carboxylic acids is 1. The predicted octanol–water partition coefficient (Wildman–Crippen LogP) is 6.12. The Morgan fingerprint density at radius 3 is 2.19 bits per heavy atom. The van der Waals surface area contributed by atoms with Gasteiger partial charge in [-0.1, -0.05) is 30.3 Å². The number of aromatic nitrogens is 3. The van der Waals surface area contributed by atoms with Crippen LogP contribution >= 0.6 is 0 Å². The number of alkyl halides is 3. The molecular weight excluding hydrogens is 553 g/mol. The molecule has 0 saturated carbocycles. The van der Waals surface area contributed by atoms with Crippen LogP contribution in [0.25, 0.3) is 17.1 Å². The molecule has 0 radical (unpaired) electrons. The molecule has 0 bridgehead atoms. The molecule has 0 atom stereocenters. The van der Waals surface area contributed by atoms with Crippen molar-refractivity contribution in [2.75, 3.05) is 0 Å². The molecule has 0 aliphatic heterocycles. The molecule has 0 spiro atoms. The van der Waals surface area contributed by atoms with Crippen molar-refractivity contribution in [2.24, 2.45) is 5.73 Å². The molecule has 212 valence electrons. The third-order valence-electron chi connectivity index (χ3n) is 6.07. The van der Waals surface area contributed by atoms with Crippen molar-refractivity contribution in [1.82, 2.24) is 14.8 Å². The van der Waals surface area contributed by atoms with Crippen molar-refractivity contribution in [3.8, 4) is 34.3 Å². The lowest BCUT2D eigenvalue weighted by atomic mass is 10.1. The van der Waals surface area contributed by atoms with E-state index in [1.54, 1.807) is 66.7 Å². The Hall–Kier alpha value is -5.65. The van der Waals surface area contributed by atoms with Crippen molar-refractivity contribution in [2.45, 2.75) is 12.8 Å². The summed E-state index contributed by atoms with van der Waals surface area (Å²) in [5, 5.41) is 12.9. The summed E-state index contributed by atoms with van der Waals surface area (Å²) in [5.41, 5.74) is 4.84. The van der Waals surface area contributed by atoms with Gasteiger partial charge in [-0.05, 0) is 66.2 Å². The molecule has 0 unspecified atom stereocenters. The third-order valence-corrected chi connectivity index (χ3v) is 6.07. The Morgan fingerprint density at radius 2 is 1.55 bits per heavy atom. The highest BCUT2D eigenvalue weighted by atomic mass is 19.4. The van der Waals surface area contributed by atoms with Crippen LogP contribution in [0.3, 0.4) is 0 Å². The van der Waals surface area contributed by atoms with Gasteiger partial charge in [-0.25, -0.2) is 14.5 Å². The van der Waals surface area contributed by atoms with E-state index in [9.17, 15) is 27.9 Å². The minimum atomic E-state index is -4.97. The number of pyridine rings is 1. The molecule has 5 aromatic rings. The van der Waals surface area contributed by atoms with E-state index in [4.69, 9.17) is 15.2 Å². The van der Waals surface area contributed by atoms with Gasteiger partial charge in [0.15, 0.2) is 11.5 Å². The van der Waals surface area contributed by atoms with Crippen LogP contribution in [0, 0.1) is 0 Å². The zero-order chi connectivity index (χ0) is 29.9. The zero-order valence-electron chi connectivity index (χ0n) is 21.6. The van der Waals surface area contributed by atoms with Gasteiger partial charge in [0.2, 0.25) is 5.91 Å². The van der Waals surface area contributed by atoms with Crippen LogP contribution in [0.15, 0.2) is 97.2 Å². The highest BCUT2D eigenvalue weighted by Gasteiger charge is 2.41. The monoisotopic (exact) mass is 574 g/mol. The molecule has 3 N–H and O–H groups in total. The molecule has 42 heavy (non-hydrogen) atoms. The lowest BCUT2D eigenvalue weighted by Gasteiger charge is -2.14. The van der Waals surface area contributed by atoms with Gasteiger partial charge in [0.1, 0.15) is 29.4 Å². The maximum Gasteiger partial charge on any atom is 0.434 e. The summed E-state index contributed by atoms with van der Waals surface area (Å²) < 4.78 is 53.4. The van der Waals surface area contributed by atoms with Gasteiger partial charge in [-0.15, -0.1) is 0 Å². The number of carbonyl (C=O) groups is 2. The predicted molar refractivity (Wildman–Crippen MR) is 145 cm³/mol. The van der Waals surface area contributed by atoms with E-state index in [1.165, 1.54) is 12.1 Å². The van der Waals surface area contributed by atoms with Crippen LogP contribution in [0.2, 0.25) is 0 Å². The molecule has 0 aliphatic rings. The van der Waals surface area contributed by atoms with Gasteiger partial charge in [0.25, 0.3) is 0 Å². The Balaban J connectivity index is 1.33. The van der Waals surface area contributed by atoms with E-state index in [-0.39, 0.29) is 12.4 Å². The minimum absolute atomic E-state index is 0.170. The van der Waals surface area contributed by atoms with Crippen LogP contribution in [-0.4, -0.2) is 31.7 Å². The molecule has 0 aliphatic carbocycles. The Bertz CT molecular complexity index is 1750. The van der Waals surface area contributed by atoms with Crippen molar-refractivity contribution in [3.05, 3.63) is 120 Å². The van der Waals surface area contributed by atoms with Crippen molar-refractivity contribution < 1.29 is 37.3 Å². The van der Waals surface area contributed by atoms with Gasteiger partial charge < -0.3 is 20.3 Å². The second-order valence-electron chi connectivity index (χ2n) is 8.92. The van der Waals surface area contributed by atoms with Crippen LogP contribution in [0.5, 0.6) is 17.2 Å². The Morgan fingerprint density at radius 1 is 0.881 bits per heavy atom. The molecule has 1 amide bonds. The Labute approximate surface area is 236 Å². The SMILES string of the molecule is NC(=O)c1ccc(Oc2ccc(COc3ccccc3-c3cccc(-n4ncc(C(=O)O)c4C(F)(F)F)n3)cc2)cc1. The first-order valence-electron chi connectivity index (χ1n) is 12.3. The first kappa shape index (κ1) is 27.9. The molecule has 0 fully saturated rings. The number of primary amides is 1. The highest BCUT2D eigenvalue weighted by molar-refractivity contribution is 5.92. The number of hydrogen-bond donors (Lipinski definition) is 2. The van der Waals surface area contributed by atoms with E-state index in [0.29, 0.717) is 44.9 Å². The molecule has 3 aromatic carbocycles. The number of hydrogen-bond acceptors (Lipinski definition) is 6. The van der Waals surface area contributed by atoms with Crippen LogP contribution in [-0.2, 0) is 12.8 Å². The number of carboxylic acid groups (broad SMARTS) is 1. The Kier molecular flexibility index (Phi) is 7.61. The lowest BCUT2D eigenvalue weighted by Crippen LogP contribution is -2.18. The lowest BCUT2D eigenvalue weighted by molar-refractivity contribution is -0.143. The van der Waals surface area contributed by atoms with Crippen LogP contribution in [0.1, 0.15) is 32.0 Å². The first-order valence-corrected chi connectivity index (χ1v) is 12.3. The average molecular weight is 575 g/mol. The van der Waals surface area contributed by atoms with E-state index in [0.717, 1.165) is 5.56 Å². The topological polar surface area (TPSA) is 130 Å².